The van der Waals surface area contributed by atoms with E-state index in [0.717, 1.165) is 50.6 Å². The molecule has 0 amide bonds. The fourth-order valence-corrected chi connectivity index (χ4v) is 7.41. The van der Waals surface area contributed by atoms with Crippen molar-refractivity contribution in [3.63, 3.8) is 0 Å². The molecule has 0 spiro atoms. The Balaban J connectivity index is 1.37. The van der Waals surface area contributed by atoms with E-state index in [0.29, 0.717) is 0 Å². The molecule has 0 saturated carbocycles. The van der Waals surface area contributed by atoms with E-state index in [9.17, 15) is 0 Å². The van der Waals surface area contributed by atoms with Gasteiger partial charge >= 0.3 is 0 Å². The molecule has 0 unspecified atom stereocenters. The molecule has 2 aliphatic carbocycles. The van der Waals surface area contributed by atoms with E-state index in [4.69, 9.17) is 4.42 Å². The zero-order valence-electron chi connectivity index (χ0n) is 23.7. The highest BCUT2D eigenvalue weighted by atomic mass is 79.9. The molecule has 2 nitrogen and oxygen atoms in total. The predicted molar refractivity (Wildman–Crippen MR) is 179 cm³/mol. The SMILES string of the molecule is CC1(C)C2=C(C(N(c3ccc(-c4ccccc4)cc3)c3cccc4c3oc3ccc(Br)cc34)=CCC2)c2ccccc21. The zero-order valence-corrected chi connectivity index (χ0v) is 25.3. The third kappa shape index (κ3) is 3.84. The first-order chi connectivity index (χ1) is 20.5. The van der Waals surface area contributed by atoms with Crippen LogP contribution in [0.25, 0.3) is 38.6 Å². The van der Waals surface area contributed by atoms with Crippen molar-refractivity contribution in [2.75, 3.05) is 4.90 Å². The van der Waals surface area contributed by atoms with Crippen molar-refractivity contribution in [2.45, 2.75) is 32.1 Å². The number of hydrogen-bond acceptors (Lipinski definition) is 2. The summed E-state index contributed by atoms with van der Waals surface area (Å²) in [6.07, 6.45) is 4.51. The average Bonchev–Trinajstić information content (AvgIpc) is 3.51. The summed E-state index contributed by atoms with van der Waals surface area (Å²) < 4.78 is 7.69. The molecular formula is C39H30BrNO. The molecule has 1 heterocycles. The van der Waals surface area contributed by atoms with E-state index >= 15 is 0 Å². The third-order valence-corrected chi connectivity index (χ3v) is 9.56. The highest BCUT2D eigenvalue weighted by Crippen LogP contribution is 2.54. The molecule has 0 radical (unpaired) electrons. The molecule has 5 aromatic carbocycles. The standard InChI is InChI=1S/C39H30BrNO/c1-39(2)32-14-7-6-12-30(32)37-33(39)15-9-16-34(37)41(28-21-18-26(19-22-28)25-10-4-3-5-11-25)35-17-8-13-29-31-24-27(40)20-23-36(31)42-38(29)35/h3-8,10-14,16-24H,9,15H2,1-2H3. The quantitative estimate of drug-likeness (QED) is 0.198. The smallest absolute Gasteiger partial charge is 0.159 e. The Bertz CT molecular complexity index is 2060. The monoisotopic (exact) mass is 607 g/mol. The van der Waals surface area contributed by atoms with Crippen LogP contribution in [0.3, 0.4) is 0 Å². The maximum absolute atomic E-state index is 6.64. The van der Waals surface area contributed by atoms with Gasteiger partial charge in [0.15, 0.2) is 5.58 Å². The molecule has 8 rings (SSSR count). The van der Waals surface area contributed by atoms with Gasteiger partial charge in [0.2, 0.25) is 0 Å². The summed E-state index contributed by atoms with van der Waals surface area (Å²) >= 11 is 3.67. The van der Waals surface area contributed by atoms with Crippen LogP contribution in [-0.4, -0.2) is 0 Å². The Hall–Kier alpha value is -4.34. The van der Waals surface area contributed by atoms with Gasteiger partial charge in [0.25, 0.3) is 0 Å². The van der Waals surface area contributed by atoms with Crippen LogP contribution >= 0.6 is 15.9 Å². The number of rotatable bonds is 4. The third-order valence-electron chi connectivity index (χ3n) is 9.07. The summed E-state index contributed by atoms with van der Waals surface area (Å²) in [6, 6.07) is 41.3. The van der Waals surface area contributed by atoms with Gasteiger partial charge in [0, 0.05) is 31.9 Å². The molecule has 3 heteroatoms. The number of fused-ring (bicyclic) bond motifs is 5. The van der Waals surface area contributed by atoms with Crippen molar-refractivity contribution in [1.29, 1.82) is 0 Å². The van der Waals surface area contributed by atoms with Crippen LogP contribution in [0.15, 0.2) is 141 Å². The van der Waals surface area contributed by atoms with Gasteiger partial charge in [0.05, 0.1) is 11.4 Å². The molecule has 0 saturated heterocycles. The molecule has 0 bridgehead atoms. The van der Waals surface area contributed by atoms with Crippen molar-refractivity contribution < 1.29 is 4.42 Å². The maximum atomic E-state index is 6.64. The van der Waals surface area contributed by atoms with Gasteiger partial charge in [-0.1, -0.05) is 115 Å². The molecule has 0 N–H and O–H groups in total. The minimum atomic E-state index is -0.00801. The van der Waals surface area contributed by atoms with Crippen molar-refractivity contribution in [3.8, 4) is 11.1 Å². The van der Waals surface area contributed by atoms with Crippen molar-refractivity contribution in [3.05, 3.63) is 148 Å². The van der Waals surface area contributed by atoms with Crippen LogP contribution in [0.2, 0.25) is 0 Å². The summed E-state index contributed by atoms with van der Waals surface area (Å²) in [5.41, 5.74) is 13.2. The summed E-state index contributed by atoms with van der Waals surface area (Å²) in [5, 5.41) is 2.23. The second-order valence-corrected chi connectivity index (χ2v) is 12.7. The van der Waals surface area contributed by atoms with E-state index < -0.39 is 0 Å². The number of benzene rings is 5. The van der Waals surface area contributed by atoms with Crippen LogP contribution in [0.4, 0.5) is 11.4 Å². The zero-order chi connectivity index (χ0) is 28.4. The molecule has 1 aromatic heterocycles. The molecule has 0 aliphatic heterocycles. The lowest BCUT2D eigenvalue weighted by atomic mass is 9.78. The molecule has 42 heavy (non-hydrogen) atoms. The van der Waals surface area contributed by atoms with E-state index in [2.05, 4.69) is 150 Å². The first-order valence-electron chi connectivity index (χ1n) is 14.6. The highest BCUT2D eigenvalue weighted by molar-refractivity contribution is 9.10. The Morgan fingerprint density at radius 3 is 2.33 bits per heavy atom. The van der Waals surface area contributed by atoms with Gasteiger partial charge in [-0.25, -0.2) is 0 Å². The lowest BCUT2D eigenvalue weighted by Crippen LogP contribution is -2.22. The number of nitrogens with zero attached hydrogens (tertiary/aromatic N) is 1. The van der Waals surface area contributed by atoms with Gasteiger partial charge < -0.3 is 9.32 Å². The number of halogens is 1. The second kappa shape index (κ2) is 9.61. The van der Waals surface area contributed by atoms with Crippen LogP contribution in [0.1, 0.15) is 37.8 Å². The topological polar surface area (TPSA) is 16.4 Å². The number of hydrogen-bond donors (Lipinski definition) is 0. The van der Waals surface area contributed by atoms with Crippen LogP contribution in [0.5, 0.6) is 0 Å². The highest BCUT2D eigenvalue weighted by Gasteiger charge is 2.41. The number of para-hydroxylation sites is 1. The summed E-state index contributed by atoms with van der Waals surface area (Å²) in [4.78, 5) is 2.43. The molecular weight excluding hydrogens is 578 g/mol. The van der Waals surface area contributed by atoms with E-state index in [1.807, 2.05) is 6.07 Å². The van der Waals surface area contributed by atoms with Crippen LogP contribution in [0, 0.1) is 0 Å². The number of anilines is 2. The Morgan fingerprint density at radius 2 is 1.50 bits per heavy atom. The van der Waals surface area contributed by atoms with Gasteiger partial charge in [0.1, 0.15) is 5.58 Å². The molecule has 204 valence electrons. The minimum absolute atomic E-state index is 0.00801. The number of furan rings is 1. The van der Waals surface area contributed by atoms with Crippen LogP contribution in [-0.2, 0) is 5.41 Å². The maximum Gasteiger partial charge on any atom is 0.159 e. The lowest BCUT2D eigenvalue weighted by Gasteiger charge is -2.33. The van der Waals surface area contributed by atoms with E-state index in [-0.39, 0.29) is 5.41 Å². The van der Waals surface area contributed by atoms with Gasteiger partial charge in [-0.15, -0.1) is 0 Å². The summed E-state index contributed by atoms with van der Waals surface area (Å²) in [5.74, 6) is 0. The van der Waals surface area contributed by atoms with Crippen LogP contribution < -0.4 is 4.90 Å². The van der Waals surface area contributed by atoms with E-state index in [1.165, 1.54) is 39.1 Å². The van der Waals surface area contributed by atoms with Gasteiger partial charge in [-0.3, -0.25) is 0 Å². The fourth-order valence-electron chi connectivity index (χ4n) is 7.05. The molecule has 6 aromatic rings. The fraction of sp³-hybridized carbons (Fsp3) is 0.128. The normalized spacial score (nSPS) is 15.5. The summed E-state index contributed by atoms with van der Waals surface area (Å²) in [6.45, 7) is 4.77. The average molecular weight is 609 g/mol. The van der Waals surface area contributed by atoms with Gasteiger partial charge in [-0.05, 0) is 77.1 Å². The molecule has 0 atom stereocenters. The van der Waals surface area contributed by atoms with Gasteiger partial charge in [-0.2, -0.15) is 0 Å². The largest absolute Gasteiger partial charge is 0.454 e. The lowest BCUT2D eigenvalue weighted by molar-refractivity contribution is 0.606. The van der Waals surface area contributed by atoms with Crippen molar-refractivity contribution in [1.82, 2.24) is 0 Å². The van der Waals surface area contributed by atoms with E-state index in [1.54, 1.807) is 0 Å². The Kier molecular flexibility index (Phi) is 5.80. The number of allylic oxidation sites excluding steroid dienone is 3. The second-order valence-electron chi connectivity index (χ2n) is 11.8. The summed E-state index contributed by atoms with van der Waals surface area (Å²) in [7, 11) is 0. The first-order valence-corrected chi connectivity index (χ1v) is 15.4. The Labute approximate surface area is 254 Å². The molecule has 2 aliphatic rings. The van der Waals surface area contributed by atoms with Crippen molar-refractivity contribution in [2.24, 2.45) is 0 Å². The Morgan fingerprint density at radius 1 is 0.738 bits per heavy atom. The van der Waals surface area contributed by atoms with Crippen molar-refractivity contribution >= 4 is 54.8 Å². The first kappa shape index (κ1) is 25.4. The minimum Gasteiger partial charge on any atom is -0.454 e. The molecule has 0 fully saturated rings. The predicted octanol–water partition coefficient (Wildman–Crippen LogP) is 11.6.